The molecule has 2 N–H and O–H groups in total. The van der Waals surface area contributed by atoms with Crippen LogP contribution in [0.15, 0.2) is 52.9 Å². The van der Waals surface area contributed by atoms with Crippen LogP contribution in [-0.2, 0) is 0 Å². The van der Waals surface area contributed by atoms with Gasteiger partial charge >= 0.3 is 5.69 Å². The lowest BCUT2D eigenvalue weighted by Crippen LogP contribution is -2.39. The lowest BCUT2D eigenvalue weighted by Gasteiger charge is -2.28. The Kier molecular flexibility index (Phi) is 6.81. The number of allylic oxidation sites excluding steroid dienone is 3. The van der Waals surface area contributed by atoms with E-state index in [4.69, 9.17) is 0 Å². The van der Waals surface area contributed by atoms with Gasteiger partial charge in [0.2, 0.25) is 0 Å². The molecular formula is C22H30ClN3O2. The highest BCUT2D eigenvalue weighted by Gasteiger charge is 2.31. The Morgan fingerprint density at radius 2 is 1.93 bits per heavy atom. The molecule has 0 bridgehead atoms. The number of rotatable bonds is 6. The Balaban J connectivity index is 0.00000225. The highest BCUT2D eigenvalue weighted by atomic mass is 35.5. The second-order valence-electron chi connectivity index (χ2n) is 7.73. The van der Waals surface area contributed by atoms with Crippen LogP contribution in [0.3, 0.4) is 0 Å². The zero-order valence-electron chi connectivity index (χ0n) is 16.4. The molecule has 152 valence electrons. The van der Waals surface area contributed by atoms with Crippen LogP contribution in [0.2, 0.25) is 0 Å². The average molecular weight is 404 g/mol. The van der Waals surface area contributed by atoms with E-state index in [1.165, 1.54) is 12.8 Å². The summed E-state index contributed by atoms with van der Waals surface area (Å²) in [6.45, 7) is 0.446. The smallest absolute Gasteiger partial charge is 0.330 e. The number of benzene rings is 1. The summed E-state index contributed by atoms with van der Waals surface area (Å²) >= 11 is 0. The number of likely N-dealkylation sites (N-methyl/N-ethyl adjacent to an activating group) is 1. The maximum absolute atomic E-state index is 13.6. The fraction of sp³-hybridized carbons (Fsp3) is 0.500. The number of aliphatic hydroxyl groups excluding tert-OH is 1. The molecule has 0 radical (unpaired) electrons. The van der Waals surface area contributed by atoms with Crippen LogP contribution in [0.4, 0.5) is 0 Å². The van der Waals surface area contributed by atoms with Gasteiger partial charge in [-0.15, -0.1) is 12.4 Å². The zero-order chi connectivity index (χ0) is 18.8. The number of imidazole rings is 1. The van der Waals surface area contributed by atoms with Crippen molar-refractivity contribution in [2.45, 2.75) is 56.7 Å². The summed E-state index contributed by atoms with van der Waals surface area (Å²) in [5, 5.41) is 14.0. The van der Waals surface area contributed by atoms with E-state index in [9.17, 15) is 9.90 Å². The van der Waals surface area contributed by atoms with Gasteiger partial charge < -0.3 is 10.4 Å². The fourth-order valence-electron chi connectivity index (χ4n) is 4.75. The predicted octanol–water partition coefficient (Wildman–Crippen LogP) is 3.74. The fourth-order valence-corrected chi connectivity index (χ4v) is 4.75. The third kappa shape index (κ3) is 3.71. The van der Waals surface area contributed by atoms with Gasteiger partial charge in [0.1, 0.15) is 0 Å². The number of nitrogens with zero attached hydrogens (tertiary/aromatic N) is 2. The molecule has 0 saturated heterocycles. The van der Waals surface area contributed by atoms with Gasteiger partial charge in [-0.2, -0.15) is 0 Å². The first-order chi connectivity index (χ1) is 13.2. The molecule has 1 fully saturated rings. The van der Waals surface area contributed by atoms with Crippen molar-refractivity contribution in [1.82, 2.24) is 14.5 Å². The van der Waals surface area contributed by atoms with Crippen LogP contribution < -0.4 is 11.0 Å². The largest absolute Gasteiger partial charge is 0.389 e. The van der Waals surface area contributed by atoms with Crippen molar-refractivity contribution in [3.63, 3.8) is 0 Å². The van der Waals surface area contributed by atoms with Crippen molar-refractivity contribution in [1.29, 1.82) is 0 Å². The van der Waals surface area contributed by atoms with Crippen LogP contribution in [-0.4, -0.2) is 33.9 Å². The summed E-state index contributed by atoms with van der Waals surface area (Å²) < 4.78 is 3.83. The Hall–Kier alpha value is -1.82. The number of nitrogens with one attached hydrogen (secondary N) is 1. The number of aliphatic hydroxyl groups is 1. The van der Waals surface area contributed by atoms with Crippen LogP contribution in [0.1, 0.15) is 50.6 Å². The van der Waals surface area contributed by atoms with E-state index in [-0.39, 0.29) is 30.2 Å². The van der Waals surface area contributed by atoms with Crippen LogP contribution >= 0.6 is 12.4 Å². The van der Waals surface area contributed by atoms with E-state index in [0.717, 1.165) is 42.3 Å². The summed E-state index contributed by atoms with van der Waals surface area (Å²) in [7, 11) is 1.83. The molecule has 0 aliphatic heterocycles. The third-order valence-corrected chi connectivity index (χ3v) is 5.98. The van der Waals surface area contributed by atoms with Gasteiger partial charge in [-0.25, -0.2) is 4.79 Å². The first-order valence-electron chi connectivity index (χ1n) is 10.1. The first-order valence-corrected chi connectivity index (χ1v) is 10.1. The second kappa shape index (κ2) is 9.12. The summed E-state index contributed by atoms with van der Waals surface area (Å²) in [5.41, 5.74) is 3.04. The lowest BCUT2D eigenvalue weighted by molar-refractivity contribution is 0.126. The number of aromatic nitrogens is 2. The van der Waals surface area contributed by atoms with E-state index >= 15 is 0 Å². The van der Waals surface area contributed by atoms with Gasteiger partial charge in [-0.05, 0) is 50.4 Å². The van der Waals surface area contributed by atoms with Gasteiger partial charge in [0.05, 0.1) is 23.2 Å². The molecule has 2 aromatic rings. The molecule has 28 heavy (non-hydrogen) atoms. The Morgan fingerprint density at radius 3 is 2.57 bits per heavy atom. The molecule has 1 unspecified atom stereocenters. The molecule has 1 aromatic carbocycles. The maximum atomic E-state index is 13.6. The van der Waals surface area contributed by atoms with Crippen molar-refractivity contribution in [3.8, 4) is 0 Å². The molecule has 1 saturated carbocycles. The summed E-state index contributed by atoms with van der Waals surface area (Å²) in [6, 6.07) is 7.96. The monoisotopic (exact) mass is 403 g/mol. The summed E-state index contributed by atoms with van der Waals surface area (Å²) in [5.74, 6) is 0. The topological polar surface area (TPSA) is 59.2 Å². The van der Waals surface area contributed by atoms with E-state index in [1.807, 2.05) is 46.5 Å². The van der Waals surface area contributed by atoms with Crippen molar-refractivity contribution >= 4 is 23.4 Å². The highest BCUT2D eigenvalue weighted by molar-refractivity contribution is 5.85. The van der Waals surface area contributed by atoms with E-state index < -0.39 is 6.10 Å². The zero-order valence-corrected chi connectivity index (χ0v) is 17.2. The van der Waals surface area contributed by atoms with Gasteiger partial charge in [0, 0.05) is 12.6 Å². The molecule has 2 atom stereocenters. The number of hydrogen-bond donors (Lipinski definition) is 2. The lowest BCUT2D eigenvalue weighted by atomic mass is 9.93. The molecule has 1 aromatic heterocycles. The van der Waals surface area contributed by atoms with Crippen molar-refractivity contribution in [2.24, 2.45) is 0 Å². The minimum Gasteiger partial charge on any atom is -0.389 e. The molecular weight excluding hydrogens is 374 g/mol. The van der Waals surface area contributed by atoms with Crippen molar-refractivity contribution < 1.29 is 5.11 Å². The normalized spacial score (nSPS) is 19.4. The van der Waals surface area contributed by atoms with Gasteiger partial charge in [-0.3, -0.25) is 9.13 Å². The summed E-state index contributed by atoms with van der Waals surface area (Å²) in [6.07, 6.45) is 11.9. The minimum atomic E-state index is -0.659. The number of halogens is 1. The number of para-hydroxylation sites is 2. The van der Waals surface area contributed by atoms with Gasteiger partial charge in [0.15, 0.2) is 0 Å². The average Bonchev–Trinajstić information content (AvgIpc) is 3.30. The molecule has 6 heteroatoms. The van der Waals surface area contributed by atoms with Crippen LogP contribution in [0.25, 0.3) is 11.0 Å². The molecule has 0 spiro atoms. The number of hydrogen-bond acceptors (Lipinski definition) is 3. The van der Waals surface area contributed by atoms with Gasteiger partial charge in [0.25, 0.3) is 0 Å². The predicted molar refractivity (Wildman–Crippen MR) is 116 cm³/mol. The molecule has 1 heterocycles. The van der Waals surface area contributed by atoms with Crippen LogP contribution in [0, 0.1) is 0 Å². The third-order valence-electron chi connectivity index (χ3n) is 5.98. The maximum Gasteiger partial charge on any atom is 0.330 e. The molecule has 0 amide bonds. The Bertz CT molecular complexity index is 921. The minimum absolute atomic E-state index is 0. The Morgan fingerprint density at radius 1 is 1.21 bits per heavy atom. The standard InChI is InChI=1S/C22H29N3O2.ClH/c1-23-15-20(26)21(16-9-3-2-4-10-16)25-19-14-8-7-13-18(19)24(22(25)27)17-11-5-6-12-17;/h2-3,7-9,13-14,17,20-21,23,26H,4-6,10-12,15H2,1H3;1H/t20?,21-;/m0./s1. The Labute approximate surface area is 172 Å². The van der Waals surface area contributed by atoms with Crippen molar-refractivity contribution in [3.05, 3.63) is 58.6 Å². The molecule has 4 rings (SSSR count). The van der Waals surface area contributed by atoms with E-state index in [2.05, 4.69) is 17.5 Å². The molecule has 5 nitrogen and oxygen atoms in total. The quantitative estimate of drug-likeness (QED) is 0.772. The molecule has 2 aliphatic carbocycles. The van der Waals surface area contributed by atoms with Crippen molar-refractivity contribution in [2.75, 3.05) is 13.6 Å². The van der Waals surface area contributed by atoms with E-state index in [1.54, 1.807) is 0 Å². The second-order valence-corrected chi connectivity index (χ2v) is 7.73. The molecule has 2 aliphatic rings. The summed E-state index contributed by atoms with van der Waals surface area (Å²) in [4.78, 5) is 13.6. The SMILES string of the molecule is CNCC(O)[C@H](C1=CC=CCC1)n1c(=O)n(C2CCCC2)c2ccccc21.Cl. The van der Waals surface area contributed by atoms with Gasteiger partial charge in [-0.1, -0.05) is 43.2 Å². The highest BCUT2D eigenvalue weighted by Crippen LogP contribution is 2.34. The number of fused-ring (bicyclic) bond motifs is 1. The first kappa shape index (κ1) is 20.9. The van der Waals surface area contributed by atoms with E-state index in [0.29, 0.717) is 6.54 Å². The van der Waals surface area contributed by atoms with Crippen LogP contribution in [0.5, 0.6) is 0 Å².